The molecular weight excluding hydrogens is 384 g/mol. The minimum atomic E-state index is -0.0940. The predicted octanol–water partition coefficient (Wildman–Crippen LogP) is 2.89. The normalized spacial score (nSPS) is 9.93. The third-order valence-electron chi connectivity index (χ3n) is 4.03. The highest BCUT2D eigenvalue weighted by Gasteiger charge is 2.03. The van der Waals surface area contributed by atoms with Crippen molar-refractivity contribution in [3.8, 4) is 34.3 Å². The van der Waals surface area contributed by atoms with Crippen LogP contribution in [0, 0.1) is 0 Å². The van der Waals surface area contributed by atoms with Crippen LogP contribution in [0.15, 0.2) is 82.9 Å². The van der Waals surface area contributed by atoms with Crippen LogP contribution >= 0.6 is 0 Å². The maximum absolute atomic E-state index is 11.0. The van der Waals surface area contributed by atoms with E-state index in [4.69, 9.17) is 9.47 Å². The third-order valence-corrected chi connectivity index (χ3v) is 4.03. The van der Waals surface area contributed by atoms with Crippen LogP contribution in [0.25, 0.3) is 22.8 Å². The lowest BCUT2D eigenvalue weighted by Crippen LogP contribution is -2.02. The number of nitrogens with one attached hydrogen (secondary N) is 2. The number of hydrogen-bond acceptors (Lipinski definition) is 6. The molecule has 8 heteroatoms. The van der Waals surface area contributed by atoms with Gasteiger partial charge in [-0.2, -0.15) is 0 Å². The lowest BCUT2D eigenvalue weighted by molar-refractivity contribution is 0.413. The maximum Gasteiger partial charge on any atom is 0.182 e. The van der Waals surface area contributed by atoms with Gasteiger partial charge in [-0.3, -0.25) is 19.6 Å². The van der Waals surface area contributed by atoms with Crippen LogP contribution in [0.1, 0.15) is 0 Å². The quantitative estimate of drug-likeness (QED) is 0.541. The van der Waals surface area contributed by atoms with Gasteiger partial charge in [-0.15, -0.1) is 0 Å². The van der Waals surface area contributed by atoms with E-state index in [0.29, 0.717) is 11.4 Å². The van der Waals surface area contributed by atoms with E-state index in [0.717, 1.165) is 22.9 Å². The Hall–Kier alpha value is -4.20. The van der Waals surface area contributed by atoms with Crippen molar-refractivity contribution in [3.05, 3.63) is 93.8 Å². The average molecular weight is 404 g/mol. The summed E-state index contributed by atoms with van der Waals surface area (Å²) in [5.41, 5.74) is 2.55. The van der Waals surface area contributed by atoms with Gasteiger partial charge >= 0.3 is 0 Å². The van der Waals surface area contributed by atoms with Crippen LogP contribution in [-0.2, 0) is 0 Å². The Morgan fingerprint density at radius 3 is 1.47 bits per heavy atom. The molecule has 4 rings (SSSR count). The predicted molar refractivity (Wildman–Crippen MR) is 114 cm³/mol. The molecule has 4 aromatic rings. The van der Waals surface area contributed by atoms with Gasteiger partial charge in [0.15, 0.2) is 10.9 Å². The minimum Gasteiger partial charge on any atom is -0.497 e. The standard InChI is InChI=1S/C12H12N2O2.C10H8N2O2/c1-15-9-3-5-13-11(7-9)12-8-10(16-2)4-6-14-12;13-7-1-3-11-9(5-7)10-6-8(14)2-4-12-10/h3-8H,1-2H3;1-6H,(H,11,13)(H,12,14). The molecule has 4 heterocycles. The number of aromatic nitrogens is 4. The van der Waals surface area contributed by atoms with Crippen molar-refractivity contribution in [2.45, 2.75) is 0 Å². The number of aromatic amines is 2. The van der Waals surface area contributed by atoms with Gasteiger partial charge in [-0.25, -0.2) is 0 Å². The molecule has 0 aliphatic heterocycles. The van der Waals surface area contributed by atoms with Crippen molar-refractivity contribution in [3.63, 3.8) is 0 Å². The fraction of sp³-hybridized carbons (Fsp3) is 0.0909. The molecule has 0 spiro atoms. The lowest BCUT2D eigenvalue weighted by atomic mass is 10.2. The molecule has 2 N–H and O–H groups in total. The molecule has 30 heavy (non-hydrogen) atoms. The summed E-state index contributed by atoms with van der Waals surface area (Å²) < 4.78 is 10.3. The molecule has 152 valence electrons. The Balaban J connectivity index is 0.000000172. The van der Waals surface area contributed by atoms with Crippen molar-refractivity contribution in [2.24, 2.45) is 0 Å². The van der Waals surface area contributed by atoms with E-state index in [1.807, 2.05) is 12.1 Å². The van der Waals surface area contributed by atoms with E-state index in [9.17, 15) is 9.59 Å². The zero-order chi connectivity index (χ0) is 21.3. The zero-order valence-electron chi connectivity index (χ0n) is 16.5. The van der Waals surface area contributed by atoms with Gasteiger partial charge in [0.1, 0.15) is 11.5 Å². The average Bonchev–Trinajstić information content (AvgIpc) is 2.79. The van der Waals surface area contributed by atoms with Gasteiger partial charge in [0, 0.05) is 61.2 Å². The van der Waals surface area contributed by atoms with Crippen molar-refractivity contribution in [1.29, 1.82) is 0 Å². The first-order valence-corrected chi connectivity index (χ1v) is 8.97. The van der Waals surface area contributed by atoms with Crippen LogP contribution in [-0.4, -0.2) is 34.2 Å². The van der Waals surface area contributed by atoms with E-state index in [2.05, 4.69) is 19.9 Å². The lowest BCUT2D eigenvalue weighted by Gasteiger charge is -2.04. The number of pyridine rings is 4. The Labute approximate surface area is 172 Å². The fourth-order valence-corrected chi connectivity index (χ4v) is 2.56. The molecule has 0 saturated carbocycles. The third kappa shape index (κ3) is 5.41. The topological polar surface area (TPSA) is 110 Å². The van der Waals surface area contributed by atoms with E-state index in [1.54, 1.807) is 51.1 Å². The Bertz CT molecular complexity index is 1140. The summed E-state index contributed by atoms with van der Waals surface area (Å²) in [5, 5.41) is 0. The summed E-state index contributed by atoms with van der Waals surface area (Å²) in [6.45, 7) is 0. The van der Waals surface area contributed by atoms with Crippen molar-refractivity contribution in [1.82, 2.24) is 19.9 Å². The summed E-state index contributed by atoms with van der Waals surface area (Å²) in [6, 6.07) is 13.0. The van der Waals surface area contributed by atoms with Crippen molar-refractivity contribution >= 4 is 0 Å². The Kier molecular flexibility index (Phi) is 6.73. The first-order valence-electron chi connectivity index (χ1n) is 8.97. The van der Waals surface area contributed by atoms with E-state index in [-0.39, 0.29) is 10.9 Å². The zero-order valence-corrected chi connectivity index (χ0v) is 16.5. The molecule has 8 nitrogen and oxygen atoms in total. The molecular formula is C22H20N4O4. The largest absolute Gasteiger partial charge is 0.497 e. The first-order chi connectivity index (χ1) is 14.6. The number of hydrogen-bond donors (Lipinski definition) is 2. The molecule has 4 aromatic heterocycles. The van der Waals surface area contributed by atoms with Crippen LogP contribution in [0.2, 0.25) is 0 Å². The fourth-order valence-electron chi connectivity index (χ4n) is 2.56. The molecule has 0 radical (unpaired) electrons. The molecule has 0 fully saturated rings. The van der Waals surface area contributed by atoms with Crippen LogP contribution in [0.3, 0.4) is 0 Å². The summed E-state index contributed by atoms with van der Waals surface area (Å²) in [6.07, 6.45) is 6.47. The van der Waals surface area contributed by atoms with Crippen molar-refractivity contribution < 1.29 is 9.47 Å². The van der Waals surface area contributed by atoms with E-state index in [1.165, 1.54) is 24.3 Å². The first kappa shape index (κ1) is 20.5. The molecule has 0 amide bonds. The smallest absolute Gasteiger partial charge is 0.182 e. The monoisotopic (exact) mass is 404 g/mol. The second-order valence-electron chi connectivity index (χ2n) is 6.04. The summed E-state index contributed by atoms with van der Waals surface area (Å²) >= 11 is 0. The Morgan fingerprint density at radius 1 is 0.667 bits per heavy atom. The Morgan fingerprint density at radius 2 is 1.10 bits per heavy atom. The molecule has 0 atom stereocenters. The highest BCUT2D eigenvalue weighted by molar-refractivity contribution is 5.57. The molecule has 0 aliphatic rings. The number of H-pyrrole nitrogens is 2. The van der Waals surface area contributed by atoms with Gasteiger partial charge in [0.2, 0.25) is 0 Å². The SMILES string of the molecule is COc1ccnc(-c2cc(OC)ccn2)c1.O=c1cc[nH]c(-c2cc(=O)cc[nH]2)c1. The number of rotatable bonds is 4. The highest BCUT2D eigenvalue weighted by Crippen LogP contribution is 2.22. The molecule has 0 aromatic carbocycles. The second kappa shape index (κ2) is 9.83. The molecule has 0 unspecified atom stereocenters. The van der Waals surface area contributed by atoms with Crippen LogP contribution < -0.4 is 20.3 Å². The summed E-state index contributed by atoms with van der Waals surface area (Å²) in [4.78, 5) is 36.3. The van der Waals surface area contributed by atoms with Gasteiger partial charge in [0.25, 0.3) is 0 Å². The number of ether oxygens (including phenoxy) is 2. The van der Waals surface area contributed by atoms with E-state index >= 15 is 0 Å². The summed E-state index contributed by atoms with van der Waals surface area (Å²) in [7, 11) is 3.25. The maximum atomic E-state index is 11.0. The minimum absolute atomic E-state index is 0.0940. The van der Waals surface area contributed by atoms with Crippen LogP contribution in [0.5, 0.6) is 11.5 Å². The highest BCUT2D eigenvalue weighted by atomic mass is 16.5. The molecule has 0 bridgehead atoms. The van der Waals surface area contributed by atoms with Gasteiger partial charge in [-0.1, -0.05) is 0 Å². The van der Waals surface area contributed by atoms with Crippen molar-refractivity contribution in [2.75, 3.05) is 14.2 Å². The van der Waals surface area contributed by atoms with E-state index < -0.39 is 0 Å². The van der Waals surface area contributed by atoms with Crippen LogP contribution in [0.4, 0.5) is 0 Å². The van der Waals surface area contributed by atoms with Gasteiger partial charge in [0.05, 0.1) is 37.0 Å². The molecule has 0 aliphatic carbocycles. The molecule has 0 saturated heterocycles. The second-order valence-corrected chi connectivity index (χ2v) is 6.04. The van der Waals surface area contributed by atoms with Gasteiger partial charge < -0.3 is 19.4 Å². The number of nitrogens with zero attached hydrogens (tertiary/aromatic N) is 2. The van der Waals surface area contributed by atoms with Gasteiger partial charge in [-0.05, 0) is 12.1 Å². The number of methoxy groups -OCH3 is 2. The summed E-state index contributed by atoms with van der Waals surface area (Å²) in [5.74, 6) is 1.52.